The number of aromatic hydroxyl groups is 1. The Kier molecular flexibility index (Phi) is 10.1. The number of rotatable bonds is 13. The van der Waals surface area contributed by atoms with Crippen LogP contribution in [-0.4, -0.2) is 26.2 Å². The molecule has 2 nitrogen and oxygen atoms in total. The first-order valence-corrected chi connectivity index (χ1v) is 13.5. The molecule has 0 aliphatic carbocycles. The monoisotopic (exact) mass is 440 g/mol. The molecule has 154 valence electrons. The molecule has 2 rings (SSSR count). The first-order chi connectivity index (χ1) is 13.1. The summed E-state index contributed by atoms with van der Waals surface area (Å²) in [6.45, 7) is 8.38. The van der Waals surface area contributed by atoms with E-state index in [2.05, 4.69) is 13.8 Å². The first kappa shape index (κ1) is 22.6. The van der Waals surface area contributed by atoms with Crippen LogP contribution in [0.4, 0.5) is 0 Å². The van der Waals surface area contributed by atoms with Crippen LogP contribution in [0.1, 0.15) is 93.4 Å². The van der Waals surface area contributed by atoms with Gasteiger partial charge in [0.05, 0.1) is 0 Å². The number of hydrogen-bond donors (Lipinski definition) is 1. The van der Waals surface area contributed by atoms with E-state index >= 15 is 0 Å². The molecule has 1 atom stereocenters. The van der Waals surface area contributed by atoms with Crippen LogP contribution in [0.2, 0.25) is 10.6 Å². The van der Waals surface area contributed by atoms with E-state index in [4.69, 9.17) is 4.74 Å². The minimum atomic E-state index is 0.335. The fraction of sp³-hybridized carbons (Fsp3) is 0.750. The molecule has 1 aromatic carbocycles. The SMILES string of the molecule is CCCCCCCCCCCC[Se]CC1Cc2c(C)c(O)c(C)c(C)c2O1. The van der Waals surface area contributed by atoms with Crippen molar-refractivity contribution in [3.8, 4) is 11.5 Å². The molecule has 3 heteroatoms. The van der Waals surface area contributed by atoms with Gasteiger partial charge in [-0.3, -0.25) is 0 Å². The Morgan fingerprint density at radius 3 is 2.07 bits per heavy atom. The van der Waals surface area contributed by atoms with Gasteiger partial charge >= 0.3 is 174 Å². The van der Waals surface area contributed by atoms with Gasteiger partial charge < -0.3 is 0 Å². The average molecular weight is 440 g/mol. The summed E-state index contributed by atoms with van der Waals surface area (Å²) in [5, 5.41) is 12.9. The first-order valence-electron chi connectivity index (χ1n) is 11.1. The van der Waals surface area contributed by atoms with E-state index in [1.165, 1.54) is 80.4 Å². The van der Waals surface area contributed by atoms with Crippen LogP contribution in [-0.2, 0) is 6.42 Å². The Morgan fingerprint density at radius 2 is 1.44 bits per heavy atom. The Balaban J connectivity index is 1.54. The van der Waals surface area contributed by atoms with Gasteiger partial charge in [-0.05, 0) is 0 Å². The molecule has 1 unspecified atom stereocenters. The third kappa shape index (κ3) is 6.71. The number of phenolic OH excluding ortho intramolecular Hbond substituents is 1. The van der Waals surface area contributed by atoms with Crippen molar-refractivity contribution in [2.75, 3.05) is 0 Å². The second kappa shape index (κ2) is 12.0. The predicted octanol–water partition coefficient (Wildman–Crippen LogP) is 7.08. The molecule has 0 aromatic heterocycles. The normalized spacial score (nSPS) is 15.8. The number of unbranched alkanes of at least 4 members (excludes halogenated alkanes) is 9. The molecule has 27 heavy (non-hydrogen) atoms. The van der Waals surface area contributed by atoms with Crippen LogP contribution in [0.5, 0.6) is 11.5 Å². The minimum absolute atomic E-state index is 0.335. The fourth-order valence-corrected chi connectivity index (χ4v) is 6.16. The van der Waals surface area contributed by atoms with Crippen molar-refractivity contribution in [3.63, 3.8) is 0 Å². The van der Waals surface area contributed by atoms with Crippen molar-refractivity contribution >= 4 is 15.0 Å². The van der Waals surface area contributed by atoms with E-state index in [1.54, 1.807) is 0 Å². The van der Waals surface area contributed by atoms with E-state index in [9.17, 15) is 5.11 Å². The molecule has 0 saturated carbocycles. The molecule has 0 amide bonds. The zero-order valence-corrected chi connectivity index (χ0v) is 19.7. The Labute approximate surface area is 173 Å². The standard InChI is InChI=1S/C24H40O2Se/c1-5-6-7-8-9-10-11-12-13-14-15-27-17-21-16-22-20(4)23(25)18(2)19(3)24(22)26-21/h21,25H,5-17H2,1-4H3. The van der Waals surface area contributed by atoms with Crippen LogP contribution >= 0.6 is 0 Å². The second-order valence-corrected chi connectivity index (χ2v) is 10.6. The predicted molar refractivity (Wildman–Crippen MR) is 118 cm³/mol. The zero-order valence-electron chi connectivity index (χ0n) is 18.0. The molecule has 1 aliphatic rings. The van der Waals surface area contributed by atoms with E-state index in [-0.39, 0.29) is 0 Å². The third-order valence-corrected chi connectivity index (χ3v) is 8.49. The van der Waals surface area contributed by atoms with Crippen molar-refractivity contribution in [2.24, 2.45) is 0 Å². The summed E-state index contributed by atoms with van der Waals surface area (Å²) < 4.78 is 6.26. The molecule has 0 bridgehead atoms. The van der Waals surface area contributed by atoms with E-state index in [0.717, 1.165) is 28.9 Å². The number of fused-ring (bicyclic) bond motifs is 1. The maximum absolute atomic E-state index is 10.3. The zero-order chi connectivity index (χ0) is 19.6. The number of phenols is 1. The topological polar surface area (TPSA) is 29.5 Å². The van der Waals surface area contributed by atoms with E-state index < -0.39 is 0 Å². The van der Waals surface area contributed by atoms with E-state index in [1.807, 2.05) is 13.8 Å². The summed E-state index contributed by atoms with van der Waals surface area (Å²) in [6, 6.07) is 0. The van der Waals surface area contributed by atoms with Crippen molar-refractivity contribution in [1.82, 2.24) is 0 Å². The van der Waals surface area contributed by atoms with Gasteiger partial charge in [0, 0.05) is 0 Å². The van der Waals surface area contributed by atoms with Crippen molar-refractivity contribution in [2.45, 2.75) is 115 Å². The van der Waals surface area contributed by atoms with Crippen LogP contribution in [0.15, 0.2) is 0 Å². The summed E-state index contributed by atoms with van der Waals surface area (Å²) in [4.78, 5) is 0. The van der Waals surface area contributed by atoms with Gasteiger partial charge in [-0.2, -0.15) is 0 Å². The summed E-state index contributed by atoms with van der Waals surface area (Å²) >= 11 is 0.686. The van der Waals surface area contributed by atoms with Crippen LogP contribution in [0.25, 0.3) is 0 Å². The second-order valence-electron chi connectivity index (χ2n) is 8.23. The van der Waals surface area contributed by atoms with Gasteiger partial charge in [0.15, 0.2) is 0 Å². The summed E-state index contributed by atoms with van der Waals surface area (Å²) in [6.07, 6.45) is 15.5. The Morgan fingerprint density at radius 1 is 0.852 bits per heavy atom. The Hall–Kier alpha value is -0.661. The van der Waals surface area contributed by atoms with Crippen molar-refractivity contribution in [1.29, 1.82) is 0 Å². The number of benzene rings is 1. The summed E-state index contributed by atoms with van der Waals surface area (Å²) in [7, 11) is 0. The molecule has 0 radical (unpaired) electrons. The van der Waals surface area contributed by atoms with Crippen LogP contribution < -0.4 is 4.74 Å². The molecular formula is C24H40O2Se. The number of hydrogen-bond acceptors (Lipinski definition) is 2. The summed E-state index contributed by atoms with van der Waals surface area (Å²) in [5.41, 5.74) is 4.37. The van der Waals surface area contributed by atoms with Crippen molar-refractivity contribution < 1.29 is 9.84 Å². The molecule has 0 spiro atoms. The number of ether oxygens (including phenoxy) is 1. The average Bonchev–Trinajstić information content (AvgIpc) is 3.10. The molecule has 0 saturated heterocycles. The van der Waals surface area contributed by atoms with Gasteiger partial charge in [-0.1, -0.05) is 0 Å². The fourth-order valence-electron chi connectivity index (χ4n) is 4.01. The van der Waals surface area contributed by atoms with Gasteiger partial charge in [-0.25, -0.2) is 0 Å². The molecule has 1 aromatic rings. The van der Waals surface area contributed by atoms with Gasteiger partial charge in [-0.15, -0.1) is 0 Å². The van der Waals surface area contributed by atoms with Crippen LogP contribution in [0.3, 0.4) is 0 Å². The van der Waals surface area contributed by atoms with E-state index in [0.29, 0.717) is 26.8 Å². The molecule has 1 N–H and O–H groups in total. The maximum atomic E-state index is 10.3. The van der Waals surface area contributed by atoms with Gasteiger partial charge in [0.2, 0.25) is 0 Å². The quantitative estimate of drug-likeness (QED) is 0.263. The van der Waals surface area contributed by atoms with Gasteiger partial charge in [0.1, 0.15) is 0 Å². The van der Waals surface area contributed by atoms with Gasteiger partial charge in [0.25, 0.3) is 0 Å². The Bertz CT molecular complexity index is 545. The molecule has 0 fully saturated rings. The third-order valence-electron chi connectivity index (χ3n) is 6.00. The van der Waals surface area contributed by atoms with Crippen molar-refractivity contribution in [3.05, 3.63) is 22.3 Å². The molecular weight excluding hydrogens is 399 g/mol. The molecule has 1 heterocycles. The van der Waals surface area contributed by atoms with Crippen LogP contribution in [0, 0.1) is 20.8 Å². The molecule has 1 aliphatic heterocycles. The summed E-state index contributed by atoms with van der Waals surface area (Å²) in [5.74, 6) is 1.52.